The maximum absolute atomic E-state index is 13.7. The molecule has 0 aliphatic carbocycles. The fraction of sp³-hybridized carbons (Fsp3) is 0.357. The molecule has 2 aliphatic rings. The number of nitrogens with zero attached hydrogens (tertiary/aromatic N) is 2. The van der Waals surface area contributed by atoms with E-state index < -0.39 is 17.5 Å². The van der Waals surface area contributed by atoms with Crippen molar-refractivity contribution in [3.05, 3.63) is 74.2 Å². The third-order valence-electron chi connectivity index (χ3n) is 6.91. The Bertz CT molecular complexity index is 1500. The maximum atomic E-state index is 13.7. The number of ether oxygens (including phenoxy) is 2. The van der Waals surface area contributed by atoms with E-state index >= 15 is 0 Å². The standard InChI is InChI=1S/C28H28N2O5Si/c1-5-28(35-17(4)31)22-12-24-25-20(13-30(24)26(32)21(22)14-34-27(28)33)18(10-11-36-15-16(2)3)19-8-6-7-9-23(19)29-25/h6-9,12,15H,5,10-11,13-14H2,1-4H3/t28-/m0/s1. The zero-order valence-electron chi connectivity index (χ0n) is 20.9. The summed E-state index contributed by atoms with van der Waals surface area (Å²) in [5, 5.41) is 1.10. The molecule has 1 atom stereocenters. The molecule has 3 aromatic rings. The Hall–Kier alpha value is -3.52. The average Bonchev–Trinajstić information content (AvgIpc) is 3.21. The van der Waals surface area contributed by atoms with Crippen molar-refractivity contribution in [2.45, 2.75) is 65.3 Å². The molecule has 184 valence electrons. The highest BCUT2D eigenvalue weighted by Crippen LogP contribution is 2.42. The summed E-state index contributed by atoms with van der Waals surface area (Å²) < 4.78 is 12.6. The third-order valence-corrected chi connectivity index (χ3v) is 8.23. The Morgan fingerprint density at radius 1 is 1.22 bits per heavy atom. The van der Waals surface area contributed by atoms with Gasteiger partial charge in [0.15, 0.2) is 0 Å². The van der Waals surface area contributed by atoms with Gasteiger partial charge in [0.25, 0.3) is 5.56 Å². The van der Waals surface area contributed by atoms with Crippen molar-refractivity contribution in [3.8, 4) is 11.4 Å². The number of esters is 2. The molecule has 0 bridgehead atoms. The molecule has 36 heavy (non-hydrogen) atoms. The Labute approximate surface area is 212 Å². The van der Waals surface area contributed by atoms with Gasteiger partial charge >= 0.3 is 11.9 Å². The van der Waals surface area contributed by atoms with E-state index in [1.54, 1.807) is 11.5 Å². The Balaban J connectivity index is 1.71. The van der Waals surface area contributed by atoms with Gasteiger partial charge in [0.1, 0.15) is 6.61 Å². The highest BCUT2D eigenvalue weighted by Gasteiger charge is 2.50. The number of hydrogen-bond donors (Lipinski definition) is 0. The number of carbonyl (C=O) groups is 2. The summed E-state index contributed by atoms with van der Waals surface area (Å²) in [5.74, 6) is -1.26. The second kappa shape index (κ2) is 9.17. The van der Waals surface area contributed by atoms with Crippen molar-refractivity contribution >= 4 is 32.4 Å². The molecule has 0 amide bonds. The first kappa shape index (κ1) is 24.2. The van der Waals surface area contributed by atoms with Crippen LogP contribution in [0.4, 0.5) is 0 Å². The molecule has 0 spiro atoms. The minimum atomic E-state index is -1.64. The van der Waals surface area contributed by atoms with E-state index in [0.29, 0.717) is 23.4 Å². The second-order valence-electron chi connectivity index (χ2n) is 9.52. The van der Waals surface area contributed by atoms with Gasteiger partial charge in [-0.3, -0.25) is 9.59 Å². The SMILES string of the molecule is CC[C@@]1(OC(C)=O)C(=O)OCc2c1cc1n(c2=O)Cc2c-1nc1ccccc1c2CC[Si]C=C(C)C. The smallest absolute Gasteiger partial charge is 0.355 e. The normalized spacial score (nSPS) is 17.7. The van der Waals surface area contributed by atoms with Gasteiger partial charge in [0.2, 0.25) is 5.60 Å². The molecule has 0 saturated heterocycles. The van der Waals surface area contributed by atoms with Crippen molar-refractivity contribution in [1.82, 2.24) is 9.55 Å². The van der Waals surface area contributed by atoms with Gasteiger partial charge in [-0.25, -0.2) is 9.78 Å². The van der Waals surface area contributed by atoms with E-state index in [9.17, 15) is 14.4 Å². The lowest BCUT2D eigenvalue weighted by molar-refractivity contribution is -0.188. The van der Waals surface area contributed by atoms with Crippen LogP contribution in [0.3, 0.4) is 0 Å². The Kier molecular flexibility index (Phi) is 6.16. The van der Waals surface area contributed by atoms with Crippen LogP contribution in [0.15, 0.2) is 46.4 Å². The highest BCUT2D eigenvalue weighted by atomic mass is 28.2. The lowest BCUT2D eigenvalue weighted by Gasteiger charge is -2.35. The largest absolute Gasteiger partial charge is 0.457 e. The van der Waals surface area contributed by atoms with E-state index in [2.05, 4.69) is 25.6 Å². The van der Waals surface area contributed by atoms with Crippen molar-refractivity contribution in [2.75, 3.05) is 0 Å². The highest BCUT2D eigenvalue weighted by molar-refractivity contribution is 6.42. The molecule has 0 fully saturated rings. The van der Waals surface area contributed by atoms with Crippen LogP contribution >= 0.6 is 0 Å². The fourth-order valence-electron chi connectivity index (χ4n) is 5.27. The molecule has 4 heterocycles. The number of allylic oxidation sites excluding steroid dienone is 1. The van der Waals surface area contributed by atoms with Crippen LogP contribution in [0.1, 0.15) is 56.4 Å². The van der Waals surface area contributed by atoms with Crippen LogP contribution in [0.25, 0.3) is 22.3 Å². The summed E-state index contributed by atoms with van der Waals surface area (Å²) in [6.45, 7) is 7.49. The number of cyclic esters (lactones) is 1. The van der Waals surface area contributed by atoms with Crippen molar-refractivity contribution < 1.29 is 19.1 Å². The molecule has 7 nitrogen and oxygen atoms in total. The molecule has 0 N–H and O–H groups in total. The molecule has 0 unspecified atom stereocenters. The molecule has 8 heteroatoms. The minimum Gasteiger partial charge on any atom is -0.457 e. The summed E-state index contributed by atoms with van der Waals surface area (Å²) in [7, 11) is 0.718. The van der Waals surface area contributed by atoms with Crippen LogP contribution in [0, 0.1) is 0 Å². The first-order chi connectivity index (χ1) is 17.3. The molecule has 5 rings (SSSR count). The molecular weight excluding hydrogens is 472 g/mol. The average molecular weight is 501 g/mol. The van der Waals surface area contributed by atoms with Gasteiger partial charge in [-0.1, -0.05) is 36.7 Å². The van der Waals surface area contributed by atoms with Crippen LogP contribution < -0.4 is 5.56 Å². The monoisotopic (exact) mass is 500 g/mol. The van der Waals surface area contributed by atoms with Gasteiger partial charge in [-0.05, 0) is 44.4 Å². The van der Waals surface area contributed by atoms with Crippen LogP contribution in [-0.2, 0) is 44.2 Å². The molecular formula is C28H28N2O5Si. The number of pyridine rings is 2. The second-order valence-corrected chi connectivity index (χ2v) is 10.7. The van der Waals surface area contributed by atoms with Crippen LogP contribution in [0.5, 0.6) is 0 Å². The number of hydrogen-bond acceptors (Lipinski definition) is 6. The first-order valence-corrected chi connectivity index (χ1v) is 13.5. The molecule has 0 saturated carbocycles. The lowest BCUT2D eigenvalue weighted by Crippen LogP contribution is -2.47. The molecule has 1 aromatic carbocycles. The van der Waals surface area contributed by atoms with E-state index in [1.807, 2.05) is 24.3 Å². The summed E-state index contributed by atoms with van der Waals surface area (Å²) >= 11 is 0. The zero-order valence-corrected chi connectivity index (χ0v) is 21.9. The first-order valence-electron chi connectivity index (χ1n) is 12.2. The van der Waals surface area contributed by atoms with Gasteiger partial charge < -0.3 is 14.0 Å². The summed E-state index contributed by atoms with van der Waals surface area (Å²) in [6.07, 6.45) is 1.04. The maximum Gasteiger partial charge on any atom is 0.355 e. The number of aryl methyl sites for hydroxylation is 1. The number of rotatable bonds is 6. The molecule has 2 radical (unpaired) electrons. The van der Waals surface area contributed by atoms with E-state index in [-0.39, 0.29) is 18.6 Å². The van der Waals surface area contributed by atoms with Crippen molar-refractivity contribution in [1.29, 1.82) is 0 Å². The quantitative estimate of drug-likeness (QED) is 0.224. The summed E-state index contributed by atoms with van der Waals surface area (Å²) in [4.78, 5) is 43.5. The predicted molar refractivity (Wildman–Crippen MR) is 138 cm³/mol. The number of benzene rings is 1. The van der Waals surface area contributed by atoms with E-state index in [4.69, 9.17) is 14.5 Å². The van der Waals surface area contributed by atoms with Crippen LogP contribution in [0.2, 0.25) is 6.04 Å². The lowest BCUT2D eigenvalue weighted by atomic mass is 9.85. The summed E-state index contributed by atoms with van der Waals surface area (Å²) in [6, 6.07) is 10.9. The molecule has 2 aromatic heterocycles. The minimum absolute atomic E-state index is 0.140. The van der Waals surface area contributed by atoms with Gasteiger partial charge in [-0.2, -0.15) is 0 Å². The summed E-state index contributed by atoms with van der Waals surface area (Å²) in [5.41, 5.74) is 6.98. The van der Waals surface area contributed by atoms with Gasteiger partial charge in [0.05, 0.1) is 38.5 Å². The number of aromatic nitrogens is 2. The third kappa shape index (κ3) is 3.80. The molecule has 2 aliphatic heterocycles. The predicted octanol–water partition coefficient (Wildman–Crippen LogP) is 4.24. The topological polar surface area (TPSA) is 87.5 Å². The Morgan fingerprint density at radius 2 is 2.00 bits per heavy atom. The fourth-order valence-corrected chi connectivity index (χ4v) is 6.22. The van der Waals surface area contributed by atoms with Gasteiger partial charge in [-0.15, -0.1) is 5.70 Å². The van der Waals surface area contributed by atoms with Crippen LogP contribution in [-0.4, -0.2) is 31.0 Å². The van der Waals surface area contributed by atoms with Gasteiger partial charge in [0, 0.05) is 23.4 Å². The van der Waals surface area contributed by atoms with Crippen molar-refractivity contribution in [2.24, 2.45) is 0 Å². The number of para-hydroxylation sites is 1. The Morgan fingerprint density at radius 3 is 2.72 bits per heavy atom. The number of carbonyl (C=O) groups excluding carboxylic acids is 2. The van der Waals surface area contributed by atoms with E-state index in [0.717, 1.165) is 44.1 Å². The van der Waals surface area contributed by atoms with Crippen molar-refractivity contribution in [3.63, 3.8) is 0 Å². The van der Waals surface area contributed by atoms with E-state index in [1.165, 1.54) is 18.1 Å². The number of fused-ring (bicyclic) bond motifs is 5. The zero-order chi connectivity index (χ0) is 25.6.